The van der Waals surface area contributed by atoms with E-state index in [9.17, 15) is 0 Å². The Hall–Kier alpha value is -3.02. The fourth-order valence-corrected chi connectivity index (χ4v) is 3.70. The van der Waals surface area contributed by atoms with Crippen molar-refractivity contribution in [2.24, 2.45) is 0 Å². The molecule has 5 heteroatoms. The Morgan fingerprint density at radius 2 is 1.60 bits per heavy atom. The van der Waals surface area contributed by atoms with Gasteiger partial charge in [-0.1, -0.05) is 48.5 Å². The van der Waals surface area contributed by atoms with Crippen LogP contribution in [0.5, 0.6) is 11.5 Å². The maximum absolute atomic E-state index is 6.14. The lowest BCUT2D eigenvalue weighted by atomic mass is 10.0. The van der Waals surface area contributed by atoms with Gasteiger partial charge >= 0.3 is 0 Å². The smallest absolute Gasteiger partial charge is 0.124 e. The zero-order chi connectivity index (χ0) is 20.6. The molecule has 1 aliphatic heterocycles. The highest BCUT2D eigenvalue weighted by Crippen LogP contribution is 2.30. The zero-order valence-corrected chi connectivity index (χ0v) is 17.1. The second-order valence-electron chi connectivity index (χ2n) is 7.63. The molecule has 0 spiro atoms. The molecule has 0 aliphatic carbocycles. The molecule has 156 valence electrons. The second kappa shape index (κ2) is 10.1. The standard InChI is InChI=1S/C25H29N3O2/c26-20-12-14-22(15-13-20)30-18-21-17-24(28-27-21)23-10-4-5-11-25(23)29-16-6-9-19-7-2-1-3-8-19/h1-5,7-8,10-15,21,24,27-28H,6,9,16-18,26H2. The summed E-state index contributed by atoms with van der Waals surface area (Å²) in [5.41, 5.74) is 15.7. The number of ether oxygens (including phenoxy) is 2. The van der Waals surface area contributed by atoms with Gasteiger partial charge in [-0.05, 0) is 55.2 Å². The van der Waals surface area contributed by atoms with Crippen LogP contribution in [0.25, 0.3) is 0 Å². The number of hydrogen-bond acceptors (Lipinski definition) is 5. The van der Waals surface area contributed by atoms with Crippen LogP contribution in [0.4, 0.5) is 5.69 Å². The summed E-state index contributed by atoms with van der Waals surface area (Å²) in [7, 11) is 0. The van der Waals surface area contributed by atoms with Gasteiger partial charge in [-0.25, -0.2) is 5.43 Å². The molecular weight excluding hydrogens is 374 g/mol. The molecule has 30 heavy (non-hydrogen) atoms. The fourth-order valence-electron chi connectivity index (χ4n) is 3.70. The van der Waals surface area contributed by atoms with Crippen molar-refractivity contribution in [2.45, 2.75) is 31.3 Å². The van der Waals surface area contributed by atoms with Gasteiger partial charge < -0.3 is 15.2 Å². The molecule has 4 N–H and O–H groups in total. The van der Waals surface area contributed by atoms with E-state index >= 15 is 0 Å². The van der Waals surface area contributed by atoms with Gasteiger partial charge in [0.25, 0.3) is 0 Å². The van der Waals surface area contributed by atoms with E-state index in [1.165, 1.54) is 11.1 Å². The van der Waals surface area contributed by atoms with Crippen LogP contribution in [-0.2, 0) is 6.42 Å². The Labute approximate surface area is 178 Å². The normalized spacial score (nSPS) is 18.3. The van der Waals surface area contributed by atoms with E-state index < -0.39 is 0 Å². The molecule has 1 heterocycles. The summed E-state index contributed by atoms with van der Waals surface area (Å²) in [5.74, 6) is 1.78. The van der Waals surface area contributed by atoms with E-state index in [0.717, 1.165) is 36.4 Å². The minimum absolute atomic E-state index is 0.190. The second-order valence-corrected chi connectivity index (χ2v) is 7.63. The lowest BCUT2D eigenvalue weighted by Crippen LogP contribution is -2.34. The summed E-state index contributed by atoms with van der Waals surface area (Å²) in [5, 5.41) is 0. The topological polar surface area (TPSA) is 68.5 Å². The molecular formula is C25H29N3O2. The van der Waals surface area contributed by atoms with E-state index in [1.54, 1.807) is 0 Å². The molecule has 1 fully saturated rings. The van der Waals surface area contributed by atoms with Crippen molar-refractivity contribution < 1.29 is 9.47 Å². The van der Waals surface area contributed by atoms with Crippen LogP contribution in [0.2, 0.25) is 0 Å². The maximum Gasteiger partial charge on any atom is 0.124 e. The molecule has 3 aromatic rings. The van der Waals surface area contributed by atoms with Crippen molar-refractivity contribution in [1.82, 2.24) is 10.9 Å². The predicted octanol–water partition coefficient (Wildman–Crippen LogP) is 4.27. The van der Waals surface area contributed by atoms with Crippen molar-refractivity contribution in [3.05, 3.63) is 90.0 Å². The Balaban J connectivity index is 1.27. The number of nitrogen functional groups attached to an aromatic ring is 1. The van der Waals surface area contributed by atoms with Crippen LogP contribution in [0.15, 0.2) is 78.9 Å². The van der Waals surface area contributed by atoms with Crippen LogP contribution in [-0.4, -0.2) is 19.3 Å². The summed E-state index contributed by atoms with van der Waals surface area (Å²) >= 11 is 0. The Morgan fingerprint density at radius 3 is 2.43 bits per heavy atom. The van der Waals surface area contributed by atoms with Gasteiger partial charge in [-0.2, -0.15) is 0 Å². The molecule has 1 saturated heterocycles. The number of hydrogen-bond donors (Lipinski definition) is 3. The first kappa shape index (κ1) is 20.3. The van der Waals surface area contributed by atoms with Crippen LogP contribution >= 0.6 is 0 Å². The minimum Gasteiger partial charge on any atom is -0.493 e. The highest BCUT2D eigenvalue weighted by molar-refractivity contribution is 5.41. The van der Waals surface area contributed by atoms with Gasteiger partial charge in [0.15, 0.2) is 0 Å². The number of para-hydroxylation sites is 1. The lowest BCUT2D eigenvalue weighted by molar-refractivity contribution is 0.272. The fraction of sp³-hybridized carbons (Fsp3) is 0.280. The molecule has 5 nitrogen and oxygen atoms in total. The van der Waals surface area contributed by atoms with Crippen LogP contribution in [0.3, 0.4) is 0 Å². The van der Waals surface area contributed by atoms with Crippen molar-refractivity contribution in [2.75, 3.05) is 18.9 Å². The van der Waals surface area contributed by atoms with Crippen molar-refractivity contribution >= 4 is 5.69 Å². The van der Waals surface area contributed by atoms with Crippen LogP contribution < -0.4 is 26.1 Å². The molecule has 4 rings (SSSR count). The third kappa shape index (κ3) is 5.53. The molecule has 0 bridgehead atoms. The summed E-state index contributed by atoms with van der Waals surface area (Å²) < 4.78 is 12.0. The number of benzene rings is 3. The van der Waals surface area contributed by atoms with E-state index in [2.05, 4.69) is 53.3 Å². The molecule has 2 atom stereocenters. The zero-order valence-electron chi connectivity index (χ0n) is 17.1. The Bertz CT molecular complexity index is 915. The van der Waals surface area contributed by atoms with Crippen molar-refractivity contribution in [3.63, 3.8) is 0 Å². The predicted molar refractivity (Wildman–Crippen MR) is 120 cm³/mol. The summed E-state index contributed by atoms with van der Waals surface area (Å²) in [6, 6.07) is 26.7. The highest BCUT2D eigenvalue weighted by Gasteiger charge is 2.27. The average molecular weight is 404 g/mol. The maximum atomic E-state index is 6.14. The third-order valence-electron chi connectivity index (χ3n) is 5.32. The molecule has 0 aromatic heterocycles. The largest absolute Gasteiger partial charge is 0.493 e. The number of hydrazine groups is 1. The monoisotopic (exact) mass is 403 g/mol. The third-order valence-corrected chi connectivity index (χ3v) is 5.32. The SMILES string of the molecule is Nc1ccc(OCC2CC(c3ccccc3OCCCc3ccccc3)NN2)cc1. The first-order chi connectivity index (χ1) is 14.8. The van der Waals surface area contributed by atoms with Gasteiger partial charge in [-0.15, -0.1) is 0 Å². The van der Waals surface area contributed by atoms with Crippen LogP contribution in [0.1, 0.15) is 30.0 Å². The van der Waals surface area contributed by atoms with E-state index in [0.29, 0.717) is 13.2 Å². The number of aryl methyl sites for hydroxylation is 1. The molecule has 2 unspecified atom stereocenters. The summed E-state index contributed by atoms with van der Waals surface area (Å²) in [6.07, 6.45) is 2.95. The molecule has 1 aliphatic rings. The molecule has 0 saturated carbocycles. The van der Waals surface area contributed by atoms with Gasteiger partial charge in [0.05, 0.1) is 18.7 Å². The van der Waals surface area contributed by atoms with Gasteiger partial charge in [0.1, 0.15) is 18.1 Å². The van der Waals surface area contributed by atoms with Gasteiger partial charge in [0, 0.05) is 11.3 Å². The molecule has 0 radical (unpaired) electrons. The van der Waals surface area contributed by atoms with E-state index in [1.807, 2.05) is 36.4 Å². The minimum atomic E-state index is 0.190. The number of nitrogens with one attached hydrogen (secondary N) is 2. The number of rotatable bonds is 9. The van der Waals surface area contributed by atoms with Gasteiger partial charge in [0.2, 0.25) is 0 Å². The summed E-state index contributed by atoms with van der Waals surface area (Å²) in [6.45, 7) is 1.29. The number of anilines is 1. The summed E-state index contributed by atoms with van der Waals surface area (Å²) in [4.78, 5) is 0. The Morgan fingerprint density at radius 1 is 0.833 bits per heavy atom. The quantitative estimate of drug-likeness (QED) is 0.368. The van der Waals surface area contributed by atoms with E-state index in [4.69, 9.17) is 15.2 Å². The molecule has 3 aromatic carbocycles. The van der Waals surface area contributed by atoms with Crippen LogP contribution in [0, 0.1) is 0 Å². The van der Waals surface area contributed by atoms with Gasteiger partial charge in [-0.3, -0.25) is 5.43 Å². The number of nitrogens with two attached hydrogens (primary N) is 1. The Kier molecular flexibility index (Phi) is 6.85. The van der Waals surface area contributed by atoms with Crippen molar-refractivity contribution in [3.8, 4) is 11.5 Å². The average Bonchev–Trinajstić information content (AvgIpc) is 3.26. The van der Waals surface area contributed by atoms with Crippen molar-refractivity contribution in [1.29, 1.82) is 0 Å². The first-order valence-electron chi connectivity index (χ1n) is 10.5. The highest BCUT2D eigenvalue weighted by atomic mass is 16.5. The first-order valence-corrected chi connectivity index (χ1v) is 10.5. The lowest BCUT2D eigenvalue weighted by Gasteiger charge is -2.16. The van der Waals surface area contributed by atoms with E-state index in [-0.39, 0.29) is 12.1 Å². The molecule has 0 amide bonds.